The number of aryl methyl sites for hydroxylation is 2. The molecule has 0 bridgehead atoms. The smallest absolute Gasteiger partial charge is 0.0224 e. The third-order valence-corrected chi connectivity index (χ3v) is 3.33. The van der Waals surface area contributed by atoms with E-state index in [2.05, 4.69) is 16.8 Å². The van der Waals surface area contributed by atoms with Gasteiger partial charge in [0.25, 0.3) is 0 Å². The minimum atomic E-state index is 0.795. The lowest BCUT2D eigenvalue weighted by Gasteiger charge is -2.15. The van der Waals surface area contributed by atoms with Gasteiger partial charge in [-0.25, -0.2) is 0 Å². The summed E-state index contributed by atoms with van der Waals surface area (Å²) < 4.78 is 2.43. The molecule has 1 aliphatic carbocycles. The predicted octanol–water partition coefficient (Wildman–Crippen LogP) is 3.39. The van der Waals surface area contributed by atoms with Gasteiger partial charge in [-0.2, -0.15) is 0 Å². The molecule has 2 rings (SSSR count). The van der Waals surface area contributed by atoms with Crippen molar-refractivity contribution in [1.29, 1.82) is 0 Å². The molecule has 0 fully saturated rings. The van der Waals surface area contributed by atoms with Crippen LogP contribution in [-0.2, 0) is 19.4 Å². The van der Waals surface area contributed by atoms with E-state index in [1.165, 1.54) is 32.1 Å². The average molecular weight is 212 g/mol. The molecular weight excluding hydrogens is 194 g/mol. The maximum atomic E-state index is 5.68. The molecule has 78 valence electrons. The molecule has 0 saturated carbocycles. The second kappa shape index (κ2) is 4.88. The number of rotatable bonds is 4. The third kappa shape index (κ3) is 2.14. The monoisotopic (exact) mass is 211 g/mol. The lowest BCUT2D eigenvalue weighted by molar-refractivity contribution is 0.577. The Kier molecular flexibility index (Phi) is 3.52. The number of fused-ring (bicyclic) bond motifs is 1. The first-order chi connectivity index (χ1) is 6.92. The van der Waals surface area contributed by atoms with Gasteiger partial charge in [0.15, 0.2) is 0 Å². The van der Waals surface area contributed by atoms with Crippen LogP contribution in [0.25, 0.3) is 0 Å². The molecule has 2 heteroatoms. The number of hydrogen-bond acceptors (Lipinski definition) is 0. The summed E-state index contributed by atoms with van der Waals surface area (Å²) in [6.45, 7) is 1.15. The zero-order chi connectivity index (χ0) is 9.80. The highest BCUT2D eigenvalue weighted by Crippen LogP contribution is 2.22. The molecular formula is C12H18ClN. The largest absolute Gasteiger partial charge is 0.351 e. The van der Waals surface area contributed by atoms with Gasteiger partial charge >= 0.3 is 0 Å². The van der Waals surface area contributed by atoms with Gasteiger partial charge in [0.05, 0.1) is 0 Å². The zero-order valence-electron chi connectivity index (χ0n) is 8.64. The highest BCUT2D eigenvalue weighted by molar-refractivity contribution is 6.17. The Bertz CT molecular complexity index is 291. The molecule has 14 heavy (non-hydrogen) atoms. The minimum absolute atomic E-state index is 0.795. The zero-order valence-corrected chi connectivity index (χ0v) is 9.39. The second-order valence-electron chi connectivity index (χ2n) is 4.08. The first kappa shape index (κ1) is 10.1. The molecule has 1 nitrogen and oxygen atoms in total. The molecule has 1 heterocycles. The van der Waals surface area contributed by atoms with Crippen LogP contribution in [0.15, 0.2) is 12.3 Å². The predicted molar refractivity (Wildman–Crippen MR) is 61.0 cm³/mol. The summed E-state index contributed by atoms with van der Waals surface area (Å²) in [5.74, 6) is 0.795. The highest BCUT2D eigenvalue weighted by Gasteiger charge is 2.12. The second-order valence-corrected chi connectivity index (χ2v) is 4.46. The van der Waals surface area contributed by atoms with Gasteiger partial charge in [0, 0.05) is 24.3 Å². The normalized spacial score (nSPS) is 15.5. The van der Waals surface area contributed by atoms with Crippen molar-refractivity contribution in [2.24, 2.45) is 0 Å². The molecule has 0 aliphatic heterocycles. The third-order valence-electron chi connectivity index (χ3n) is 3.07. The van der Waals surface area contributed by atoms with Crippen LogP contribution in [0.1, 0.15) is 36.9 Å². The first-order valence-corrected chi connectivity index (χ1v) is 6.18. The van der Waals surface area contributed by atoms with Gasteiger partial charge in [-0.3, -0.25) is 0 Å². The molecule has 1 aromatic rings. The molecule has 1 aromatic heterocycles. The van der Waals surface area contributed by atoms with E-state index in [4.69, 9.17) is 11.6 Å². The van der Waals surface area contributed by atoms with Gasteiger partial charge in [-0.1, -0.05) is 0 Å². The number of aromatic nitrogens is 1. The van der Waals surface area contributed by atoms with Crippen molar-refractivity contribution in [3.05, 3.63) is 23.5 Å². The van der Waals surface area contributed by atoms with Gasteiger partial charge < -0.3 is 4.57 Å². The number of nitrogens with zero attached hydrogens (tertiary/aromatic N) is 1. The molecule has 0 spiro atoms. The van der Waals surface area contributed by atoms with E-state index in [-0.39, 0.29) is 0 Å². The Morgan fingerprint density at radius 1 is 1.21 bits per heavy atom. The quantitative estimate of drug-likeness (QED) is 0.532. The fraction of sp³-hybridized carbons (Fsp3) is 0.667. The maximum Gasteiger partial charge on any atom is 0.0224 e. The van der Waals surface area contributed by atoms with Gasteiger partial charge in [-0.05, 0) is 50.2 Å². The van der Waals surface area contributed by atoms with E-state index in [1.807, 2.05) is 0 Å². The van der Waals surface area contributed by atoms with Crippen LogP contribution in [0.2, 0.25) is 0 Å². The van der Waals surface area contributed by atoms with Gasteiger partial charge in [-0.15, -0.1) is 11.6 Å². The Morgan fingerprint density at radius 2 is 2.07 bits per heavy atom. The average Bonchev–Trinajstić information content (AvgIpc) is 2.63. The van der Waals surface area contributed by atoms with Crippen LogP contribution in [0.5, 0.6) is 0 Å². The lowest BCUT2D eigenvalue weighted by atomic mass is 9.98. The lowest BCUT2D eigenvalue weighted by Crippen LogP contribution is -2.08. The van der Waals surface area contributed by atoms with E-state index in [1.54, 1.807) is 11.3 Å². The van der Waals surface area contributed by atoms with Crippen LogP contribution in [0.4, 0.5) is 0 Å². The van der Waals surface area contributed by atoms with Crippen molar-refractivity contribution >= 4 is 11.6 Å². The van der Waals surface area contributed by atoms with Gasteiger partial charge in [0.1, 0.15) is 0 Å². The van der Waals surface area contributed by atoms with Crippen LogP contribution in [0.3, 0.4) is 0 Å². The maximum absolute atomic E-state index is 5.68. The highest BCUT2D eigenvalue weighted by atomic mass is 35.5. The Labute approximate surface area is 91.1 Å². The molecule has 1 aliphatic rings. The van der Waals surface area contributed by atoms with E-state index in [0.29, 0.717) is 0 Å². The Hall–Kier alpha value is -0.430. The molecule has 0 atom stereocenters. The van der Waals surface area contributed by atoms with Crippen LogP contribution in [0, 0.1) is 0 Å². The summed E-state index contributed by atoms with van der Waals surface area (Å²) in [5, 5.41) is 0. The summed E-state index contributed by atoms with van der Waals surface area (Å²) in [6.07, 6.45) is 9.91. The van der Waals surface area contributed by atoms with Crippen LogP contribution >= 0.6 is 11.6 Å². The summed E-state index contributed by atoms with van der Waals surface area (Å²) in [5.41, 5.74) is 3.17. The molecule has 0 aromatic carbocycles. The number of hydrogen-bond donors (Lipinski definition) is 0. The summed E-state index contributed by atoms with van der Waals surface area (Å²) in [7, 11) is 0. The van der Waals surface area contributed by atoms with Crippen molar-refractivity contribution in [2.75, 3.05) is 5.88 Å². The van der Waals surface area contributed by atoms with E-state index >= 15 is 0 Å². The topological polar surface area (TPSA) is 4.93 Å². The van der Waals surface area contributed by atoms with Gasteiger partial charge in [0.2, 0.25) is 0 Å². The molecule has 0 N–H and O–H groups in total. The van der Waals surface area contributed by atoms with E-state index in [0.717, 1.165) is 18.8 Å². The van der Waals surface area contributed by atoms with Crippen molar-refractivity contribution in [3.8, 4) is 0 Å². The summed E-state index contributed by atoms with van der Waals surface area (Å²) >= 11 is 5.68. The van der Waals surface area contributed by atoms with Crippen molar-refractivity contribution < 1.29 is 0 Å². The summed E-state index contributed by atoms with van der Waals surface area (Å²) in [6, 6.07) is 2.30. The van der Waals surface area contributed by atoms with E-state index in [9.17, 15) is 0 Å². The Morgan fingerprint density at radius 3 is 2.93 bits per heavy atom. The van der Waals surface area contributed by atoms with Crippen LogP contribution < -0.4 is 0 Å². The number of unbranched alkanes of at least 4 members (excludes halogenated alkanes) is 1. The van der Waals surface area contributed by atoms with E-state index < -0.39 is 0 Å². The van der Waals surface area contributed by atoms with Crippen molar-refractivity contribution in [1.82, 2.24) is 4.57 Å². The number of alkyl halides is 1. The van der Waals surface area contributed by atoms with Crippen LogP contribution in [-0.4, -0.2) is 10.4 Å². The molecule has 0 amide bonds. The molecule has 0 saturated heterocycles. The Balaban J connectivity index is 1.99. The fourth-order valence-electron chi connectivity index (χ4n) is 2.28. The molecule has 0 unspecified atom stereocenters. The van der Waals surface area contributed by atoms with Crippen molar-refractivity contribution in [3.63, 3.8) is 0 Å². The van der Waals surface area contributed by atoms with Crippen molar-refractivity contribution in [2.45, 2.75) is 45.1 Å². The minimum Gasteiger partial charge on any atom is -0.351 e. The first-order valence-electron chi connectivity index (χ1n) is 5.64. The number of halogens is 1. The molecule has 0 radical (unpaired) electrons. The standard InChI is InChI=1S/C12H18ClN/c13-8-3-4-9-14-10-7-11-5-1-2-6-12(11)14/h7,10H,1-6,8-9H2. The fourth-order valence-corrected chi connectivity index (χ4v) is 2.47. The summed E-state index contributed by atoms with van der Waals surface area (Å²) in [4.78, 5) is 0. The SMILES string of the molecule is ClCCCCn1ccc2c1CCCC2.